The number of hydrogen-bond donors (Lipinski definition) is 1. The van der Waals surface area contributed by atoms with Gasteiger partial charge in [-0.15, -0.1) is 0 Å². The van der Waals surface area contributed by atoms with Crippen LogP contribution < -0.4 is 19.6 Å². The third-order valence-corrected chi connectivity index (χ3v) is 6.39. The lowest BCUT2D eigenvalue weighted by molar-refractivity contribution is -0.121. The minimum atomic E-state index is -0.154. The first-order valence-electron chi connectivity index (χ1n) is 12.3. The second-order valence-corrected chi connectivity index (χ2v) is 8.96. The first-order chi connectivity index (χ1) is 17.6. The zero-order valence-electron chi connectivity index (χ0n) is 21.0. The number of benzene rings is 3. The van der Waals surface area contributed by atoms with Gasteiger partial charge >= 0.3 is 0 Å². The Morgan fingerprint density at radius 2 is 1.50 bits per heavy atom. The van der Waals surface area contributed by atoms with Crippen LogP contribution >= 0.6 is 0 Å². The van der Waals surface area contributed by atoms with E-state index < -0.39 is 0 Å². The molecule has 0 unspecified atom stereocenters. The van der Waals surface area contributed by atoms with E-state index in [9.17, 15) is 4.79 Å². The first kappa shape index (κ1) is 25.3. The molecule has 1 N–H and O–H groups in total. The minimum absolute atomic E-state index is 0.154. The average molecular weight is 487 g/mol. The molecule has 1 amide bonds. The van der Waals surface area contributed by atoms with Gasteiger partial charge in [-0.05, 0) is 60.1 Å². The van der Waals surface area contributed by atoms with Gasteiger partial charge in [-0.25, -0.2) is 5.01 Å². The summed E-state index contributed by atoms with van der Waals surface area (Å²) in [7, 11) is 3.18. The van der Waals surface area contributed by atoms with E-state index in [0.717, 1.165) is 43.5 Å². The molecule has 0 atom stereocenters. The van der Waals surface area contributed by atoms with E-state index in [0.29, 0.717) is 29.8 Å². The van der Waals surface area contributed by atoms with Gasteiger partial charge in [0.2, 0.25) is 5.75 Å². The van der Waals surface area contributed by atoms with Crippen molar-refractivity contribution in [1.82, 2.24) is 10.4 Å². The molecule has 0 saturated carbocycles. The zero-order chi connectivity index (χ0) is 25.2. The Kier molecular flexibility index (Phi) is 9.00. The molecule has 1 aliphatic rings. The Labute approximate surface area is 213 Å². The summed E-state index contributed by atoms with van der Waals surface area (Å²) >= 11 is 0. The van der Waals surface area contributed by atoms with Crippen LogP contribution in [0.25, 0.3) is 6.08 Å². The van der Waals surface area contributed by atoms with Crippen LogP contribution in [0.1, 0.15) is 29.5 Å². The topological polar surface area (TPSA) is 60.0 Å². The number of piperidine rings is 1. The van der Waals surface area contributed by atoms with E-state index in [4.69, 9.17) is 14.2 Å². The number of nitrogens with zero attached hydrogens (tertiary/aromatic N) is 1. The van der Waals surface area contributed by atoms with Gasteiger partial charge in [0.25, 0.3) is 5.91 Å². The first-order valence-corrected chi connectivity index (χ1v) is 12.3. The van der Waals surface area contributed by atoms with Crippen LogP contribution in [0.15, 0.2) is 78.9 Å². The quantitative estimate of drug-likeness (QED) is 0.395. The Morgan fingerprint density at radius 1 is 0.917 bits per heavy atom. The Morgan fingerprint density at radius 3 is 2.08 bits per heavy atom. The molecule has 188 valence electrons. The molecule has 1 aliphatic heterocycles. The molecule has 36 heavy (non-hydrogen) atoms. The van der Waals surface area contributed by atoms with Crippen molar-refractivity contribution in [1.29, 1.82) is 0 Å². The van der Waals surface area contributed by atoms with E-state index in [1.165, 1.54) is 11.6 Å². The van der Waals surface area contributed by atoms with Crippen molar-refractivity contribution >= 4 is 12.0 Å². The van der Waals surface area contributed by atoms with E-state index in [1.54, 1.807) is 20.3 Å². The van der Waals surface area contributed by atoms with E-state index in [2.05, 4.69) is 35.8 Å². The molecule has 1 saturated heterocycles. The van der Waals surface area contributed by atoms with Crippen molar-refractivity contribution in [2.24, 2.45) is 5.92 Å². The second kappa shape index (κ2) is 12.8. The van der Waals surface area contributed by atoms with E-state index >= 15 is 0 Å². The largest absolute Gasteiger partial charge is 0.493 e. The number of carbonyl (C=O) groups is 1. The monoisotopic (exact) mass is 486 g/mol. The van der Waals surface area contributed by atoms with Gasteiger partial charge < -0.3 is 14.2 Å². The number of nitrogens with one attached hydrogen (secondary N) is 1. The van der Waals surface area contributed by atoms with Gasteiger partial charge in [0.15, 0.2) is 11.5 Å². The second-order valence-electron chi connectivity index (χ2n) is 8.96. The Hall–Kier alpha value is -3.77. The van der Waals surface area contributed by atoms with Gasteiger partial charge in [-0.2, -0.15) is 0 Å². The lowest BCUT2D eigenvalue weighted by Gasteiger charge is -2.31. The van der Waals surface area contributed by atoms with E-state index in [-0.39, 0.29) is 5.91 Å². The van der Waals surface area contributed by atoms with Gasteiger partial charge in [0.05, 0.1) is 14.2 Å². The molecule has 0 aliphatic carbocycles. The predicted molar refractivity (Wildman–Crippen MR) is 142 cm³/mol. The molecule has 1 heterocycles. The van der Waals surface area contributed by atoms with Crippen LogP contribution in [-0.2, 0) is 17.8 Å². The molecule has 6 nitrogen and oxygen atoms in total. The highest BCUT2D eigenvalue weighted by atomic mass is 16.5. The van der Waals surface area contributed by atoms with Crippen molar-refractivity contribution < 1.29 is 19.0 Å². The Balaban J connectivity index is 1.31. The third-order valence-electron chi connectivity index (χ3n) is 6.39. The summed E-state index contributed by atoms with van der Waals surface area (Å²) in [6, 6.07) is 24.2. The van der Waals surface area contributed by atoms with Crippen molar-refractivity contribution in [3.63, 3.8) is 0 Å². The molecular formula is C30H34N2O4. The highest BCUT2D eigenvalue weighted by molar-refractivity contribution is 5.91. The number of methoxy groups -OCH3 is 2. The molecule has 4 rings (SSSR count). The number of hydrogen-bond acceptors (Lipinski definition) is 5. The molecule has 3 aromatic carbocycles. The summed E-state index contributed by atoms with van der Waals surface area (Å²) in [5, 5.41) is 2.01. The van der Waals surface area contributed by atoms with Crippen molar-refractivity contribution in [2.75, 3.05) is 27.3 Å². The van der Waals surface area contributed by atoms with Gasteiger partial charge in [-0.1, -0.05) is 60.7 Å². The highest BCUT2D eigenvalue weighted by Crippen LogP contribution is 2.39. The molecule has 6 heteroatoms. The van der Waals surface area contributed by atoms with Crippen molar-refractivity contribution in [3.05, 3.63) is 95.6 Å². The molecule has 0 spiro atoms. The summed E-state index contributed by atoms with van der Waals surface area (Å²) in [5.41, 5.74) is 6.21. The van der Waals surface area contributed by atoms with Gasteiger partial charge in [0, 0.05) is 19.2 Å². The van der Waals surface area contributed by atoms with Gasteiger partial charge in [0.1, 0.15) is 6.61 Å². The fraction of sp³-hybridized carbons (Fsp3) is 0.300. The van der Waals surface area contributed by atoms with Crippen LogP contribution in [-0.4, -0.2) is 38.2 Å². The zero-order valence-corrected chi connectivity index (χ0v) is 21.0. The minimum Gasteiger partial charge on any atom is -0.493 e. The summed E-state index contributed by atoms with van der Waals surface area (Å²) in [4.78, 5) is 12.6. The van der Waals surface area contributed by atoms with Gasteiger partial charge in [-0.3, -0.25) is 10.2 Å². The number of ether oxygens (including phenoxy) is 3. The molecule has 0 aromatic heterocycles. The molecular weight excluding hydrogens is 452 g/mol. The summed E-state index contributed by atoms with van der Waals surface area (Å²) in [6.45, 7) is 2.10. The molecule has 1 fully saturated rings. The van der Waals surface area contributed by atoms with Crippen LogP contribution in [0.2, 0.25) is 0 Å². The highest BCUT2D eigenvalue weighted by Gasteiger charge is 2.20. The number of amides is 1. The fourth-order valence-electron chi connectivity index (χ4n) is 4.43. The summed E-state index contributed by atoms with van der Waals surface area (Å²) < 4.78 is 17.1. The molecule has 3 aromatic rings. The maximum Gasteiger partial charge on any atom is 0.258 e. The summed E-state index contributed by atoms with van der Waals surface area (Å²) in [6.07, 6.45) is 6.52. The van der Waals surface area contributed by atoms with Crippen LogP contribution in [0.5, 0.6) is 17.2 Å². The molecule has 0 bridgehead atoms. The third kappa shape index (κ3) is 7.12. The average Bonchev–Trinajstić information content (AvgIpc) is 2.92. The Bertz CT molecular complexity index is 1120. The lowest BCUT2D eigenvalue weighted by Crippen LogP contribution is -2.46. The van der Waals surface area contributed by atoms with Crippen LogP contribution in [0.4, 0.5) is 0 Å². The van der Waals surface area contributed by atoms with Crippen molar-refractivity contribution in [3.8, 4) is 17.2 Å². The summed E-state index contributed by atoms with van der Waals surface area (Å²) in [5.74, 6) is 2.12. The molecule has 0 radical (unpaired) electrons. The normalized spacial score (nSPS) is 14.5. The number of rotatable bonds is 10. The standard InChI is InChI=1S/C30H34N2O4/c1-34-27-20-26(21-28(35-2)30(27)36-22-25-11-7-4-8-12-25)13-14-29(33)31-32-17-15-24(16-18-32)19-23-9-5-3-6-10-23/h3-14,20-21,24H,15-19,22H2,1-2H3,(H,31,33)/b14-13+. The van der Waals surface area contributed by atoms with Crippen LogP contribution in [0.3, 0.4) is 0 Å². The predicted octanol–water partition coefficient (Wildman–Crippen LogP) is 5.28. The maximum atomic E-state index is 12.6. The maximum absolute atomic E-state index is 12.6. The number of carbonyl (C=O) groups excluding carboxylic acids is 1. The lowest BCUT2D eigenvalue weighted by atomic mass is 9.91. The smallest absolute Gasteiger partial charge is 0.258 e. The van der Waals surface area contributed by atoms with Crippen molar-refractivity contribution in [2.45, 2.75) is 25.9 Å². The van der Waals surface area contributed by atoms with Crippen LogP contribution in [0, 0.1) is 5.92 Å². The fourth-order valence-corrected chi connectivity index (χ4v) is 4.43. The SMILES string of the molecule is COc1cc(/C=C/C(=O)NN2CCC(Cc3ccccc3)CC2)cc(OC)c1OCc1ccccc1. The number of hydrazine groups is 1. The van der Waals surface area contributed by atoms with E-state index in [1.807, 2.05) is 47.5 Å².